The van der Waals surface area contributed by atoms with Crippen molar-refractivity contribution in [3.8, 4) is 0 Å². The highest BCUT2D eigenvalue weighted by Gasteiger charge is 2.18. The maximum Gasteiger partial charge on any atom is 0.0591 e. The van der Waals surface area contributed by atoms with E-state index >= 15 is 0 Å². The summed E-state index contributed by atoms with van der Waals surface area (Å²) in [6.07, 6.45) is 3.30. The van der Waals surface area contributed by atoms with E-state index in [1.807, 2.05) is 0 Å². The maximum absolute atomic E-state index is 9.72. The predicted octanol–water partition coefficient (Wildman–Crippen LogP) is 2.83. The summed E-state index contributed by atoms with van der Waals surface area (Å²) < 4.78 is 0. The van der Waals surface area contributed by atoms with Crippen molar-refractivity contribution in [3.63, 3.8) is 0 Å². The van der Waals surface area contributed by atoms with Crippen LogP contribution in [-0.4, -0.2) is 11.2 Å². The number of aliphatic hydroxyl groups is 1. The van der Waals surface area contributed by atoms with E-state index in [2.05, 4.69) is 27.7 Å². The van der Waals surface area contributed by atoms with Crippen LogP contribution in [0.4, 0.5) is 0 Å². The van der Waals surface area contributed by atoms with Crippen LogP contribution >= 0.6 is 0 Å². The summed E-state index contributed by atoms with van der Waals surface area (Å²) in [6.45, 7) is 8.56. The molecule has 0 fully saturated rings. The molecular weight excluding hydrogens is 136 g/mol. The molecule has 0 rings (SSSR count). The molecule has 0 heterocycles. The third-order valence-electron chi connectivity index (χ3n) is 2.55. The normalized spacial score (nSPS) is 19.4. The fourth-order valence-electron chi connectivity index (χ4n) is 1.43. The maximum atomic E-state index is 9.72. The van der Waals surface area contributed by atoms with Crippen LogP contribution in [-0.2, 0) is 0 Å². The van der Waals surface area contributed by atoms with Gasteiger partial charge in [0.2, 0.25) is 0 Å². The van der Waals surface area contributed by atoms with Crippen molar-refractivity contribution < 1.29 is 5.11 Å². The molecule has 0 amide bonds. The average Bonchev–Trinajstić information content (AvgIpc) is 2.02. The highest BCUT2D eigenvalue weighted by atomic mass is 16.3. The van der Waals surface area contributed by atoms with E-state index in [4.69, 9.17) is 0 Å². The number of hydrogen-bond acceptors (Lipinski definition) is 1. The largest absolute Gasteiger partial charge is 0.393 e. The zero-order valence-corrected chi connectivity index (χ0v) is 8.30. The Balaban J connectivity index is 3.70. The summed E-state index contributed by atoms with van der Waals surface area (Å²) >= 11 is 0. The average molecular weight is 158 g/mol. The minimum absolute atomic E-state index is 0.0973. The van der Waals surface area contributed by atoms with Gasteiger partial charge in [-0.15, -0.1) is 0 Å². The Labute approximate surface area is 70.8 Å². The Morgan fingerprint density at radius 1 is 1.09 bits per heavy atom. The lowest BCUT2D eigenvalue weighted by Crippen LogP contribution is -2.24. The van der Waals surface area contributed by atoms with Crippen LogP contribution < -0.4 is 0 Å². The van der Waals surface area contributed by atoms with E-state index in [1.165, 1.54) is 6.42 Å². The van der Waals surface area contributed by atoms with E-state index in [0.717, 1.165) is 12.8 Å². The first-order valence-electron chi connectivity index (χ1n) is 4.81. The van der Waals surface area contributed by atoms with E-state index < -0.39 is 0 Å². The first-order chi connectivity index (χ1) is 5.13. The van der Waals surface area contributed by atoms with Gasteiger partial charge in [0.1, 0.15) is 0 Å². The lowest BCUT2D eigenvalue weighted by Gasteiger charge is -2.23. The highest BCUT2D eigenvalue weighted by molar-refractivity contribution is 4.69. The molecule has 3 atom stereocenters. The zero-order valence-electron chi connectivity index (χ0n) is 8.30. The molecule has 0 aliphatic heterocycles. The molecule has 1 heteroatoms. The fraction of sp³-hybridized carbons (Fsp3) is 1.00. The van der Waals surface area contributed by atoms with Gasteiger partial charge in [-0.2, -0.15) is 0 Å². The molecule has 0 spiro atoms. The van der Waals surface area contributed by atoms with Crippen molar-refractivity contribution in [2.24, 2.45) is 11.8 Å². The van der Waals surface area contributed by atoms with Gasteiger partial charge in [-0.1, -0.05) is 40.5 Å². The summed E-state index contributed by atoms with van der Waals surface area (Å²) in [5.74, 6) is 0.923. The van der Waals surface area contributed by atoms with Crippen molar-refractivity contribution in [2.45, 2.75) is 53.1 Å². The lowest BCUT2D eigenvalue weighted by atomic mass is 9.89. The lowest BCUT2D eigenvalue weighted by molar-refractivity contribution is 0.0593. The minimum atomic E-state index is -0.0973. The third-order valence-corrected chi connectivity index (χ3v) is 2.55. The Morgan fingerprint density at radius 2 is 1.64 bits per heavy atom. The van der Waals surface area contributed by atoms with Gasteiger partial charge in [0.05, 0.1) is 6.10 Å². The molecule has 0 aromatic heterocycles. The van der Waals surface area contributed by atoms with Crippen LogP contribution in [0.1, 0.15) is 47.0 Å². The Hall–Kier alpha value is -0.0400. The first-order valence-corrected chi connectivity index (χ1v) is 4.81. The first kappa shape index (κ1) is 11.0. The van der Waals surface area contributed by atoms with Gasteiger partial charge in [0, 0.05) is 0 Å². The molecular formula is C10H22O. The molecule has 0 aromatic carbocycles. The van der Waals surface area contributed by atoms with E-state index in [0.29, 0.717) is 11.8 Å². The standard InChI is InChI=1S/C10H22O/c1-5-7-9(4)10(11)8(3)6-2/h8-11H,5-7H2,1-4H3/t8-,9+,10+/m0/s1. The molecule has 0 aromatic rings. The highest BCUT2D eigenvalue weighted by Crippen LogP contribution is 2.19. The number of aliphatic hydroxyl groups excluding tert-OH is 1. The summed E-state index contributed by atoms with van der Waals surface area (Å²) in [6, 6.07) is 0. The SMILES string of the molecule is CCC[C@@H](C)[C@H](O)[C@@H](C)CC. The van der Waals surface area contributed by atoms with Gasteiger partial charge in [-0.05, 0) is 18.3 Å². The molecule has 68 valence electrons. The molecule has 0 saturated carbocycles. The Morgan fingerprint density at radius 3 is 2.00 bits per heavy atom. The summed E-state index contributed by atoms with van der Waals surface area (Å²) in [4.78, 5) is 0. The quantitative estimate of drug-likeness (QED) is 0.652. The summed E-state index contributed by atoms with van der Waals surface area (Å²) in [5.41, 5.74) is 0. The summed E-state index contributed by atoms with van der Waals surface area (Å²) in [7, 11) is 0. The topological polar surface area (TPSA) is 20.2 Å². The third kappa shape index (κ3) is 3.76. The smallest absolute Gasteiger partial charge is 0.0591 e. The van der Waals surface area contributed by atoms with Crippen molar-refractivity contribution in [2.75, 3.05) is 0 Å². The van der Waals surface area contributed by atoms with Crippen LogP contribution in [0.5, 0.6) is 0 Å². The second-order valence-electron chi connectivity index (χ2n) is 3.64. The van der Waals surface area contributed by atoms with Crippen LogP contribution in [0.25, 0.3) is 0 Å². The second-order valence-corrected chi connectivity index (χ2v) is 3.64. The van der Waals surface area contributed by atoms with Gasteiger partial charge in [0.25, 0.3) is 0 Å². The van der Waals surface area contributed by atoms with Crippen molar-refractivity contribution in [1.82, 2.24) is 0 Å². The fourth-order valence-corrected chi connectivity index (χ4v) is 1.43. The van der Waals surface area contributed by atoms with Gasteiger partial charge >= 0.3 is 0 Å². The van der Waals surface area contributed by atoms with E-state index in [-0.39, 0.29) is 6.10 Å². The number of hydrogen-bond donors (Lipinski definition) is 1. The van der Waals surface area contributed by atoms with Crippen molar-refractivity contribution in [1.29, 1.82) is 0 Å². The molecule has 1 nitrogen and oxygen atoms in total. The van der Waals surface area contributed by atoms with Gasteiger partial charge < -0.3 is 5.11 Å². The molecule has 0 radical (unpaired) electrons. The van der Waals surface area contributed by atoms with Gasteiger partial charge in [-0.3, -0.25) is 0 Å². The molecule has 0 bridgehead atoms. The van der Waals surface area contributed by atoms with Crippen molar-refractivity contribution in [3.05, 3.63) is 0 Å². The van der Waals surface area contributed by atoms with Crippen molar-refractivity contribution >= 4 is 0 Å². The molecule has 0 aliphatic carbocycles. The van der Waals surface area contributed by atoms with Gasteiger partial charge in [-0.25, -0.2) is 0 Å². The monoisotopic (exact) mass is 158 g/mol. The van der Waals surface area contributed by atoms with E-state index in [1.54, 1.807) is 0 Å². The molecule has 1 N–H and O–H groups in total. The molecule has 11 heavy (non-hydrogen) atoms. The molecule has 0 unspecified atom stereocenters. The second kappa shape index (κ2) is 5.59. The predicted molar refractivity (Wildman–Crippen MR) is 49.5 cm³/mol. The number of rotatable bonds is 5. The van der Waals surface area contributed by atoms with Crippen LogP contribution in [0, 0.1) is 11.8 Å². The van der Waals surface area contributed by atoms with Crippen LogP contribution in [0.15, 0.2) is 0 Å². The van der Waals surface area contributed by atoms with Crippen LogP contribution in [0.3, 0.4) is 0 Å². The Kier molecular flexibility index (Phi) is 5.57. The molecule has 0 aliphatic rings. The van der Waals surface area contributed by atoms with Gasteiger partial charge in [0.15, 0.2) is 0 Å². The summed E-state index contributed by atoms with van der Waals surface area (Å²) in [5, 5.41) is 9.72. The van der Waals surface area contributed by atoms with E-state index in [9.17, 15) is 5.11 Å². The minimum Gasteiger partial charge on any atom is -0.393 e. The molecule has 0 saturated heterocycles. The van der Waals surface area contributed by atoms with Crippen LogP contribution in [0.2, 0.25) is 0 Å². The Bertz CT molecular complexity index is 90.9. The zero-order chi connectivity index (χ0) is 8.85.